The summed E-state index contributed by atoms with van der Waals surface area (Å²) >= 11 is 0. The van der Waals surface area contributed by atoms with Gasteiger partial charge < -0.3 is 14.5 Å². The number of rotatable bonds is 9. The van der Waals surface area contributed by atoms with Crippen molar-refractivity contribution in [2.45, 2.75) is 26.7 Å². The van der Waals surface area contributed by atoms with Gasteiger partial charge in [-0.05, 0) is 48.7 Å². The first kappa shape index (κ1) is 21.0. The Kier molecular flexibility index (Phi) is 8.08. The van der Waals surface area contributed by atoms with E-state index in [1.165, 1.54) is 6.26 Å². The van der Waals surface area contributed by atoms with Crippen LogP contribution in [0.15, 0.2) is 47.1 Å². The summed E-state index contributed by atoms with van der Waals surface area (Å²) in [6, 6.07) is 9.85. The lowest BCUT2D eigenvalue weighted by molar-refractivity contribution is -0.121. The summed E-state index contributed by atoms with van der Waals surface area (Å²) in [4.78, 5) is 35.5. The second-order valence-corrected chi connectivity index (χ2v) is 6.57. The summed E-state index contributed by atoms with van der Waals surface area (Å²) in [6.07, 6.45) is 1.99. The second kappa shape index (κ2) is 10.8. The topological polar surface area (TPSA) is 110 Å². The molecular formula is C20H25N3O5. The van der Waals surface area contributed by atoms with Gasteiger partial charge in [0.2, 0.25) is 5.91 Å². The van der Waals surface area contributed by atoms with Crippen molar-refractivity contribution in [3.63, 3.8) is 0 Å². The summed E-state index contributed by atoms with van der Waals surface area (Å²) in [5.74, 6) is 0.215. The quantitative estimate of drug-likeness (QED) is 0.452. The molecule has 1 aromatic carbocycles. The van der Waals surface area contributed by atoms with Gasteiger partial charge in [0.05, 0.1) is 12.9 Å². The van der Waals surface area contributed by atoms with Crippen molar-refractivity contribution >= 4 is 17.7 Å². The second-order valence-electron chi connectivity index (χ2n) is 6.57. The van der Waals surface area contributed by atoms with Gasteiger partial charge in [0, 0.05) is 18.5 Å². The van der Waals surface area contributed by atoms with Gasteiger partial charge in [-0.3, -0.25) is 25.2 Å². The van der Waals surface area contributed by atoms with Crippen molar-refractivity contribution in [2.24, 2.45) is 5.92 Å². The molecule has 0 atom stereocenters. The third kappa shape index (κ3) is 7.14. The van der Waals surface area contributed by atoms with Crippen molar-refractivity contribution in [1.82, 2.24) is 16.2 Å². The number of amides is 3. The van der Waals surface area contributed by atoms with Gasteiger partial charge in [-0.1, -0.05) is 13.8 Å². The molecule has 28 heavy (non-hydrogen) atoms. The molecule has 0 saturated carbocycles. The maximum absolute atomic E-state index is 12.0. The molecule has 0 bridgehead atoms. The van der Waals surface area contributed by atoms with E-state index in [-0.39, 0.29) is 24.0 Å². The van der Waals surface area contributed by atoms with Crippen LogP contribution in [-0.4, -0.2) is 30.9 Å². The fourth-order valence-electron chi connectivity index (χ4n) is 2.17. The Balaban J connectivity index is 1.63. The number of carbonyl (C=O) groups is 3. The summed E-state index contributed by atoms with van der Waals surface area (Å²) < 4.78 is 10.5. The number of hydrogen-bond acceptors (Lipinski definition) is 5. The third-order valence-corrected chi connectivity index (χ3v) is 3.63. The Morgan fingerprint density at radius 1 is 1.04 bits per heavy atom. The van der Waals surface area contributed by atoms with Crippen LogP contribution < -0.4 is 20.9 Å². The smallest absolute Gasteiger partial charge is 0.286 e. The number of ether oxygens (including phenoxy) is 1. The minimum Gasteiger partial charge on any atom is -0.493 e. The van der Waals surface area contributed by atoms with E-state index < -0.39 is 5.91 Å². The average molecular weight is 387 g/mol. The average Bonchev–Trinajstić information content (AvgIpc) is 3.23. The molecule has 2 aromatic rings. The molecule has 0 saturated heterocycles. The fourth-order valence-corrected chi connectivity index (χ4v) is 2.17. The first-order chi connectivity index (χ1) is 13.5. The van der Waals surface area contributed by atoms with Crippen LogP contribution in [0, 0.1) is 5.92 Å². The van der Waals surface area contributed by atoms with Crippen molar-refractivity contribution < 1.29 is 23.5 Å². The van der Waals surface area contributed by atoms with Crippen LogP contribution in [0.1, 0.15) is 47.6 Å². The molecule has 150 valence electrons. The van der Waals surface area contributed by atoms with E-state index in [0.717, 1.165) is 0 Å². The SMILES string of the molecule is CC(C)COc1ccc(C(=O)NNC(=O)CCCNC(=O)c2ccco2)cc1. The monoisotopic (exact) mass is 387 g/mol. The minimum absolute atomic E-state index is 0.153. The van der Waals surface area contributed by atoms with E-state index in [2.05, 4.69) is 30.0 Å². The number of carbonyl (C=O) groups excluding carboxylic acids is 3. The van der Waals surface area contributed by atoms with Crippen molar-refractivity contribution in [3.05, 3.63) is 54.0 Å². The van der Waals surface area contributed by atoms with E-state index >= 15 is 0 Å². The molecule has 0 spiro atoms. The Bertz CT molecular complexity index is 770. The molecule has 1 aromatic heterocycles. The van der Waals surface area contributed by atoms with E-state index in [1.54, 1.807) is 36.4 Å². The van der Waals surface area contributed by atoms with E-state index in [1.807, 2.05) is 0 Å². The first-order valence-electron chi connectivity index (χ1n) is 9.09. The molecule has 8 nitrogen and oxygen atoms in total. The summed E-state index contributed by atoms with van der Waals surface area (Å²) in [5.41, 5.74) is 5.11. The third-order valence-electron chi connectivity index (χ3n) is 3.63. The Labute approximate surface area is 163 Å². The number of benzene rings is 1. The largest absolute Gasteiger partial charge is 0.493 e. The maximum Gasteiger partial charge on any atom is 0.286 e. The van der Waals surface area contributed by atoms with Gasteiger partial charge >= 0.3 is 0 Å². The lowest BCUT2D eigenvalue weighted by Gasteiger charge is -2.10. The zero-order valence-electron chi connectivity index (χ0n) is 16.0. The predicted octanol–water partition coefficient (Wildman–Crippen LogP) is 2.29. The first-order valence-corrected chi connectivity index (χ1v) is 9.09. The van der Waals surface area contributed by atoms with Gasteiger partial charge in [-0.25, -0.2) is 0 Å². The van der Waals surface area contributed by atoms with Crippen LogP contribution in [0.3, 0.4) is 0 Å². The number of hydrogen-bond donors (Lipinski definition) is 3. The highest BCUT2D eigenvalue weighted by molar-refractivity contribution is 5.95. The normalized spacial score (nSPS) is 10.4. The minimum atomic E-state index is -0.421. The summed E-state index contributed by atoms with van der Waals surface area (Å²) in [7, 11) is 0. The van der Waals surface area contributed by atoms with Crippen LogP contribution in [0.25, 0.3) is 0 Å². The molecule has 0 unspecified atom stereocenters. The number of hydrazine groups is 1. The molecule has 1 heterocycles. The highest BCUT2D eigenvalue weighted by Crippen LogP contribution is 2.13. The van der Waals surface area contributed by atoms with Gasteiger partial charge in [-0.15, -0.1) is 0 Å². The molecule has 0 aliphatic rings. The van der Waals surface area contributed by atoms with Gasteiger partial charge in [0.25, 0.3) is 11.8 Å². The van der Waals surface area contributed by atoms with Crippen molar-refractivity contribution in [3.8, 4) is 5.75 Å². The lowest BCUT2D eigenvalue weighted by atomic mass is 10.2. The Hall–Kier alpha value is -3.29. The lowest BCUT2D eigenvalue weighted by Crippen LogP contribution is -2.41. The summed E-state index contributed by atoms with van der Waals surface area (Å²) in [5, 5.41) is 2.64. The number of nitrogens with one attached hydrogen (secondary N) is 3. The van der Waals surface area contributed by atoms with Gasteiger partial charge in [0.15, 0.2) is 5.76 Å². The van der Waals surface area contributed by atoms with Crippen molar-refractivity contribution in [2.75, 3.05) is 13.2 Å². The summed E-state index contributed by atoms with van der Waals surface area (Å²) in [6.45, 7) is 5.03. The van der Waals surface area contributed by atoms with Crippen LogP contribution in [0.4, 0.5) is 0 Å². The van der Waals surface area contributed by atoms with E-state index in [4.69, 9.17) is 9.15 Å². The Morgan fingerprint density at radius 2 is 1.79 bits per heavy atom. The molecular weight excluding hydrogens is 362 g/mol. The highest BCUT2D eigenvalue weighted by Gasteiger charge is 2.09. The molecule has 2 rings (SSSR count). The van der Waals surface area contributed by atoms with E-state index in [9.17, 15) is 14.4 Å². The predicted molar refractivity (Wildman–Crippen MR) is 103 cm³/mol. The molecule has 8 heteroatoms. The molecule has 0 aliphatic carbocycles. The standard InChI is InChI=1S/C20H25N3O5/c1-14(2)13-28-16-9-7-15(8-10-16)19(25)23-22-18(24)6-3-11-21-20(26)17-5-4-12-27-17/h4-5,7-10,12,14H,3,6,11,13H2,1-2H3,(H,21,26)(H,22,24)(H,23,25). The molecule has 3 N–H and O–H groups in total. The zero-order chi connectivity index (χ0) is 20.4. The fraction of sp³-hybridized carbons (Fsp3) is 0.350. The van der Waals surface area contributed by atoms with Gasteiger partial charge in [0.1, 0.15) is 5.75 Å². The maximum atomic E-state index is 12.0. The van der Waals surface area contributed by atoms with Gasteiger partial charge in [-0.2, -0.15) is 0 Å². The molecule has 0 radical (unpaired) electrons. The highest BCUT2D eigenvalue weighted by atomic mass is 16.5. The van der Waals surface area contributed by atoms with Crippen LogP contribution in [0.5, 0.6) is 5.75 Å². The van der Waals surface area contributed by atoms with Crippen LogP contribution in [0.2, 0.25) is 0 Å². The Morgan fingerprint density at radius 3 is 2.43 bits per heavy atom. The van der Waals surface area contributed by atoms with Crippen LogP contribution in [-0.2, 0) is 4.79 Å². The van der Waals surface area contributed by atoms with Crippen LogP contribution >= 0.6 is 0 Å². The zero-order valence-corrected chi connectivity index (χ0v) is 16.0. The van der Waals surface area contributed by atoms with E-state index in [0.29, 0.717) is 36.8 Å². The molecule has 0 fully saturated rings. The molecule has 3 amide bonds. The number of furan rings is 1. The van der Waals surface area contributed by atoms with Crippen molar-refractivity contribution in [1.29, 1.82) is 0 Å². The molecule has 0 aliphatic heterocycles.